The number of aromatic nitrogens is 1. The number of thiazole rings is 1. The van der Waals surface area contributed by atoms with Crippen LogP contribution in [0.3, 0.4) is 0 Å². The van der Waals surface area contributed by atoms with Crippen LogP contribution in [0.4, 0.5) is 0 Å². The summed E-state index contributed by atoms with van der Waals surface area (Å²) in [4.78, 5) is 16.3. The Labute approximate surface area is 146 Å². The topological polar surface area (TPSA) is 81.2 Å². The number of halogens is 2. The first-order valence-corrected chi connectivity index (χ1v) is 7.30. The van der Waals surface area contributed by atoms with E-state index in [1.165, 1.54) is 11.3 Å². The summed E-state index contributed by atoms with van der Waals surface area (Å²) in [6, 6.07) is 3.78. The second-order valence-corrected chi connectivity index (χ2v) is 6.23. The molecule has 0 aliphatic rings. The lowest BCUT2D eigenvalue weighted by Gasteiger charge is -2.23. The summed E-state index contributed by atoms with van der Waals surface area (Å²) >= 11 is 1.47. The first-order valence-electron chi connectivity index (χ1n) is 6.42. The quantitative estimate of drug-likeness (QED) is 0.853. The summed E-state index contributed by atoms with van der Waals surface area (Å²) in [5.74, 6) is 1.51. The van der Waals surface area contributed by atoms with Crippen molar-refractivity contribution in [3.05, 3.63) is 29.0 Å². The van der Waals surface area contributed by atoms with Crippen LogP contribution >= 0.6 is 36.2 Å². The molecule has 0 aliphatic heterocycles. The molecule has 124 valence electrons. The first-order chi connectivity index (χ1) is 9.39. The molecule has 1 amide bonds. The van der Waals surface area contributed by atoms with Crippen molar-refractivity contribution in [1.82, 2.24) is 10.3 Å². The molecule has 0 bridgehead atoms. The molecule has 2 rings (SSSR count). The van der Waals surface area contributed by atoms with E-state index in [2.05, 4.69) is 10.3 Å². The Morgan fingerprint density at radius 3 is 2.64 bits per heavy atom. The maximum Gasteiger partial charge on any atom is 0.226 e. The van der Waals surface area contributed by atoms with Crippen LogP contribution in [0.2, 0.25) is 0 Å². The van der Waals surface area contributed by atoms with Crippen molar-refractivity contribution in [2.24, 2.45) is 5.73 Å². The Hall–Kier alpha value is -1.08. The summed E-state index contributed by atoms with van der Waals surface area (Å²) in [7, 11) is 0. The number of carbonyl (C=O) groups excluding carboxylic acids is 1. The predicted molar refractivity (Wildman–Crippen MR) is 94.0 cm³/mol. The predicted octanol–water partition coefficient (Wildman–Crippen LogP) is 2.95. The van der Waals surface area contributed by atoms with E-state index >= 15 is 0 Å². The van der Waals surface area contributed by atoms with E-state index in [9.17, 15) is 4.79 Å². The van der Waals surface area contributed by atoms with Crippen molar-refractivity contribution in [2.75, 3.05) is 6.54 Å². The fourth-order valence-corrected chi connectivity index (χ4v) is 2.47. The highest BCUT2D eigenvalue weighted by atomic mass is 35.5. The molecule has 0 spiro atoms. The van der Waals surface area contributed by atoms with E-state index in [-0.39, 0.29) is 37.1 Å². The molecule has 0 aromatic carbocycles. The summed E-state index contributed by atoms with van der Waals surface area (Å²) in [6.07, 6.45) is 0.250. The minimum Gasteiger partial charge on any atom is -0.459 e. The Balaban J connectivity index is 0.00000220. The molecular weight excluding hydrogens is 345 g/mol. The molecular formula is C14H21Cl2N3O2S. The van der Waals surface area contributed by atoms with Crippen LogP contribution in [-0.2, 0) is 11.2 Å². The fourth-order valence-electron chi connectivity index (χ4n) is 1.69. The summed E-state index contributed by atoms with van der Waals surface area (Å²) in [5.41, 5.74) is 5.94. The lowest BCUT2D eigenvalue weighted by molar-refractivity contribution is -0.121. The van der Waals surface area contributed by atoms with Gasteiger partial charge in [0.05, 0.1) is 12.1 Å². The van der Waals surface area contributed by atoms with Gasteiger partial charge < -0.3 is 15.5 Å². The van der Waals surface area contributed by atoms with Gasteiger partial charge in [-0.05, 0) is 32.9 Å². The number of nitrogens with two attached hydrogens (primary N) is 1. The summed E-state index contributed by atoms with van der Waals surface area (Å²) in [6.45, 7) is 6.07. The molecule has 3 N–H and O–H groups in total. The van der Waals surface area contributed by atoms with Gasteiger partial charge in [0, 0.05) is 17.5 Å². The van der Waals surface area contributed by atoms with Crippen LogP contribution in [0.15, 0.2) is 21.9 Å². The fraction of sp³-hybridized carbons (Fsp3) is 0.429. The number of hydrogen-bond acceptors (Lipinski definition) is 5. The van der Waals surface area contributed by atoms with Crippen molar-refractivity contribution >= 4 is 42.1 Å². The van der Waals surface area contributed by atoms with Gasteiger partial charge >= 0.3 is 0 Å². The zero-order chi connectivity index (χ0) is 14.8. The van der Waals surface area contributed by atoms with Crippen molar-refractivity contribution in [3.63, 3.8) is 0 Å². The maximum absolute atomic E-state index is 11.9. The van der Waals surface area contributed by atoms with Gasteiger partial charge in [-0.2, -0.15) is 0 Å². The number of rotatable bonds is 5. The van der Waals surface area contributed by atoms with Gasteiger partial charge in [-0.15, -0.1) is 36.2 Å². The number of hydrogen-bond donors (Lipinski definition) is 2. The van der Waals surface area contributed by atoms with Crippen molar-refractivity contribution in [2.45, 2.75) is 32.7 Å². The van der Waals surface area contributed by atoms with Gasteiger partial charge in [0.1, 0.15) is 5.76 Å². The first kappa shape index (κ1) is 20.9. The molecule has 22 heavy (non-hydrogen) atoms. The largest absolute Gasteiger partial charge is 0.459 e. The molecule has 5 nitrogen and oxygen atoms in total. The van der Waals surface area contributed by atoms with Gasteiger partial charge in [0.2, 0.25) is 5.91 Å². The van der Waals surface area contributed by atoms with Gasteiger partial charge in [-0.1, -0.05) is 0 Å². The van der Waals surface area contributed by atoms with E-state index in [0.717, 1.165) is 22.2 Å². The number of amides is 1. The highest BCUT2D eigenvalue weighted by Crippen LogP contribution is 2.25. The Bertz CT molecular complexity index is 611. The van der Waals surface area contributed by atoms with E-state index in [1.54, 1.807) is 0 Å². The minimum atomic E-state index is -0.395. The molecule has 2 aromatic heterocycles. The van der Waals surface area contributed by atoms with Gasteiger partial charge in [-0.25, -0.2) is 4.98 Å². The van der Waals surface area contributed by atoms with Crippen molar-refractivity contribution in [1.29, 1.82) is 0 Å². The zero-order valence-electron chi connectivity index (χ0n) is 12.7. The number of carbonyl (C=O) groups is 1. The lowest BCUT2D eigenvalue weighted by atomic mass is 10.1. The van der Waals surface area contributed by atoms with E-state index in [4.69, 9.17) is 10.2 Å². The molecule has 2 heterocycles. The number of furan rings is 1. The number of nitrogens with one attached hydrogen (secondary N) is 1. The van der Waals surface area contributed by atoms with Gasteiger partial charge in [0.15, 0.2) is 10.8 Å². The van der Waals surface area contributed by atoms with E-state index in [1.807, 2.05) is 38.3 Å². The summed E-state index contributed by atoms with van der Waals surface area (Å²) < 4.78 is 5.52. The molecule has 0 radical (unpaired) electrons. The summed E-state index contributed by atoms with van der Waals surface area (Å²) in [5, 5.41) is 5.55. The SMILES string of the molecule is Cc1ccc(-c2nc(CC(=O)NC(C)(C)CN)cs2)o1.Cl.Cl. The smallest absolute Gasteiger partial charge is 0.226 e. The minimum absolute atomic E-state index is 0. The monoisotopic (exact) mass is 365 g/mol. The van der Waals surface area contributed by atoms with Crippen LogP contribution in [-0.4, -0.2) is 23.0 Å². The highest BCUT2D eigenvalue weighted by molar-refractivity contribution is 7.13. The van der Waals surface area contributed by atoms with Crippen LogP contribution < -0.4 is 11.1 Å². The third-order valence-electron chi connectivity index (χ3n) is 2.83. The lowest BCUT2D eigenvalue weighted by Crippen LogP contribution is -2.49. The third-order valence-corrected chi connectivity index (χ3v) is 3.74. The maximum atomic E-state index is 11.9. The van der Waals surface area contributed by atoms with Crippen LogP contribution in [0.1, 0.15) is 25.3 Å². The molecule has 2 aromatic rings. The average Bonchev–Trinajstić information content (AvgIpc) is 2.97. The molecule has 0 unspecified atom stereocenters. The third kappa shape index (κ3) is 5.61. The number of nitrogens with zero attached hydrogens (tertiary/aromatic N) is 1. The Kier molecular flexibility index (Phi) is 8.11. The molecule has 0 aliphatic carbocycles. The van der Waals surface area contributed by atoms with Crippen LogP contribution in [0.5, 0.6) is 0 Å². The molecule has 8 heteroatoms. The van der Waals surface area contributed by atoms with Crippen molar-refractivity contribution < 1.29 is 9.21 Å². The van der Waals surface area contributed by atoms with Gasteiger partial charge in [0.25, 0.3) is 0 Å². The van der Waals surface area contributed by atoms with E-state index < -0.39 is 5.54 Å². The normalized spacial score (nSPS) is 10.5. The van der Waals surface area contributed by atoms with E-state index in [0.29, 0.717) is 6.54 Å². The van der Waals surface area contributed by atoms with Gasteiger partial charge in [-0.3, -0.25) is 4.79 Å². The second-order valence-electron chi connectivity index (χ2n) is 5.37. The highest BCUT2D eigenvalue weighted by Gasteiger charge is 2.19. The molecule has 0 saturated heterocycles. The average molecular weight is 366 g/mol. The number of aryl methyl sites for hydroxylation is 1. The van der Waals surface area contributed by atoms with Crippen LogP contribution in [0.25, 0.3) is 10.8 Å². The molecule has 0 atom stereocenters. The molecule has 0 fully saturated rings. The second kappa shape index (κ2) is 8.53. The van der Waals surface area contributed by atoms with Crippen LogP contribution in [0, 0.1) is 6.92 Å². The zero-order valence-corrected chi connectivity index (χ0v) is 15.2. The standard InChI is InChI=1S/C14H19N3O2S.2ClH/c1-9-4-5-11(19-9)13-16-10(7-20-13)6-12(18)17-14(2,3)8-15;;/h4-5,7H,6,8,15H2,1-3H3,(H,17,18);2*1H. The molecule has 0 saturated carbocycles. The van der Waals surface area contributed by atoms with Crippen molar-refractivity contribution in [3.8, 4) is 10.8 Å². The Morgan fingerprint density at radius 2 is 2.09 bits per heavy atom. The Morgan fingerprint density at radius 1 is 1.41 bits per heavy atom.